The van der Waals surface area contributed by atoms with E-state index in [0.717, 1.165) is 37.3 Å². The lowest BCUT2D eigenvalue weighted by Crippen LogP contribution is -2.27. The molecule has 2 rings (SSSR count). The van der Waals surface area contributed by atoms with Crippen molar-refractivity contribution in [2.75, 3.05) is 25.7 Å². The van der Waals surface area contributed by atoms with Crippen LogP contribution in [0.4, 0.5) is 24.5 Å². The SMILES string of the molecule is COC(=O)C1=C(C(=O)OC)N(c2cc(OCC(F)(F)F)cc([N+](=O)[O-])c2)C=CC=C1. The Morgan fingerprint density at radius 3 is 2.33 bits per heavy atom. The molecular formula is C18H15F3N2O7. The maximum atomic E-state index is 12.5. The minimum Gasteiger partial charge on any atom is -0.484 e. The molecule has 0 saturated heterocycles. The van der Waals surface area contributed by atoms with Crippen molar-refractivity contribution in [3.8, 4) is 5.75 Å². The summed E-state index contributed by atoms with van der Waals surface area (Å²) in [5.41, 5.74) is -1.32. The number of nitrogens with zero attached hydrogens (tertiary/aromatic N) is 2. The third-order valence-corrected chi connectivity index (χ3v) is 3.66. The molecule has 0 bridgehead atoms. The number of anilines is 1. The molecule has 12 heteroatoms. The summed E-state index contributed by atoms with van der Waals surface area (Å²) in [6, 6.07) is 2.85. The first-order valence-electron chi connectivity index (χ1n) is 8.11. The number of methoxy groups -OCH3 is 2. The molecule has 0 fully saturated rings. The number of esters is 2. The van der Waals surface area contributed by atoms with Crippen LogP contribution < -0.4 is 9.64 Å². The van der Waals surface area contributed by atoms with Gasteiger partial charge in [0.1, 0.15) is 11.4 Å². The molecule has 0 saturated carbocycles. The zero-order valence-corrected chi connectivity index (χ0v) is 15.6. The molecule has 0 spiro atoms. The number of nitro groups is 1. The smallest absolute Gasteiger partial charge is 0.422 e. The molecule has 0 unspecified atom stereocenters. The highest BCUT2D eigenvalue weighted by molar-refractivity contribution is 6.05. The molecule has 160 valence electrons. The van der Waals surface area contributed by atoms with Crippen molar-refractivity contribution in [3.05, 3.63) is 64.0 Å². The van der Waals surface area contributed by atoms with Gasteiger partial charge >= 0.3 is 18.1 Å². The number of alkyl halides is 3. The number of carbonyl (C=O) groups is 2. The molecule has 1 aromatic carbocycles. The Morgan fingerprint density at radius 1 is 1.10 bits per heavy atom. The topological polar surface area (TPSA) is 108 Å². The second-order valence-corrected chi connectivity index (χ2v) is 5.66. The van der Waals surface area contributed by atoms with E-state index in [1.54, 1.807) is 0 Å². The quantitative estimate of drug-likeness (QED) is 0.387. The Kier molecular flexibility index (Phi) is 6.82. The molecule has 9 nitrogen and oxygen atoms in total. The Balaban J connectivity index is 2.65. The van der Waals surface area contributed by atoms with E-state index < -0.39 is 41.1 Å². The lowest BCUT2D eigenvalue weighted by molar-refractivity contribution is -0.384. The third kappa shape index (κ3) is 5.37. The fraction of sp³-hybridized carbons (Fsp3) is 0.222. The van der Waals surface area contributed by atoms with Gasteiger partial charge < -0.3 is 19.1 Å². The van der Waals surface area contributed by atoms with E-state index in [2.05, 4.69) is 9.47 Å². The lowest BCUT2D eigenvalue weighted by Gasteiger charge is -2.23. The molecule has 0 N–H and O–H groups in total. The van der Waals surface area contributed by atoms with E-state index >= 15 is 0 Å². The summed E-state index contributed by atoms with van der Waals surface area (Å²) in [4.78, 5) is 36.0. The number of hydrogen-bond donors (Lipinski definition) is 0. The van der Waals surface area contributed by atoms with Crippen LogP contribution in [0.25, 0.3) is 0 Å². The van der Waals surface area contributed by atoms with Crippen molar-refractivity contribution in [3.63, 3.8) is 0 Å². The van der Waals surface area contributed by atoms with Gasteiger partial charge in [-0.25, -0.2) is 9.59 Å². The van der Waals surface area contributed by atoms with Gasteiger partial charge in [-0.2, -0.15) is 13.2 Å². The fourth-order valence-corrected chi connectivity index (χ4v) is 2.43. The first-order valence-corrected chi connectivity index (χ1v) is 8.11. The normalized spacial score (nSPS) is 13.7. The highest BCUT2D eigenvalue weighted by Gasteiger charge is 2.31. The average molecular weight is 428 g/mol. The molecule has 1 heterocycles. The second-order valence-electron chi connectivity index (χ2n) is 5.66. The molecule has 1 aliphatic heterocycles. The number of halogens is 3. The first kappa shape index (κ1) is 22.5. The van der Waals surface area contributed by atoms with Crippen LogP contribution in [0.3, 0.4) is 0 Å². The van der Waals surface area contributed by atoms with Crippen LogP contribution in [-0.4, -0.2) is 43.9 Å². The van der Waals surface area contributed by atoms with Crippen LogP contribution in [0.5, 0.6) is 5.75 Å². The molecule has 1 aromatic rings. The van der Waals surface area contributed by atoms with E-state index in [1.807, 2.05) is 0 Å². The Bertz CT molecular complexity index is 952. The molecule has 0 atom stereocenters. The fourth-order valence-electron chi connectivity index (χ4n) is 2.43. The van der Waals surface area contributed by atoms with Crippen molar-refractivity contribution in [2.45, 2.75) is 6.18 Å². The second kappa shape index (κ2) is 9.11. The highest BCUT2D eigenvalue weighted by atomic mass is 19.4. The van der Waals surface area contributed by atoms with E-state index in [-0.39, 0.29) is 17.0 Å². The van der Waals surface area contributed by atoms with Gasteiger partial charge in [0, 0.05) is 18.3 Å². The Hall–Kier alpha value is -3.83. The number of non-ortho nitro benzene ring substituents is 1. The van der Waals surface area contributed by atoms with Crippen molar-refractivity contribution >= 4 is 23.3 Å². The van der Waals surface area contributed by atoms with E-state index in [4.69, 9.17) is 4.74 Å². The number of benzene rings is 1. The molecule has 0 aromatic heterocycles. The van der Waals surface area contributed by atoms with Crippen LogP contribution in [-0.2, 0) is 19.1 Å². The van der Waals surface area contributed by atoms with Gasteiger partial charge in [0.2, 0.25) is 0 Å². The van der Waals surface area contributed by atoms with Gasteiger partial charge in [0.15, 0.2) is 6.61 Å². The largest absolute Gasteiger partial charge is 0.484 e. The van der Waals surface area contributed by atoms with Crippen LogP contribution in [0.1, 0.15) is 0 Å². The van der Waals surface area contributed by atoms with Crippen LogP contribution in [0, 0.1) is 10.1 Å². The Morgan fingerprint density at radius 2 is 1.77 bits per heavy atom. The van der Waals surface area contributed by atoms with E-state index in [0.29, 0.717) is 0 Å². The van der Waals surface area contributed by atoms with Crippen molar-refractivity contribution in [2.24, 2.45) is 0 Å². The number of ether oxygens (including phenoxy) is 3. The lowest BCUT2D eigenvalue weighted by atomic mass is 10.1. The third-order valence-electron chi connectivity index (χ3n) is 3.66. The monoisotopic (exact) mass is 428 g/mol. The zero-order valence-electron chi connectivity index (χ0n) is 15.6. The average Bonchev–Trinajstić information content (AvgIpc) is 2.93. The van der Waals surface area contributed by atoms with Gasteiger partial charge in [0.05, 0.1) is 36.5 Å². The summed E-state index contributed by atoms with van der Waals surface area (Å²) in [6.45, 7) is -1.68. The van der Waals surface area contributed by atoms with Gasteiger partial charge in [-0.05, 0) is 12.2 Å². The molecule has 0 aliphatic carbocycles. The van der Waals surface area contributed by atoms with Gasteiger partial charge in [-0.1, -0.05) is 6.08 Å². The highest BCUT2D eigenvalue weighted by Crippen LogP contribution is 2.33. The molecule has 1 aliphatic rings. The molecule has 0 amide bonds. The molecule has 0 radical (unpaired) electrons. The number of nitro benzene ring substituents is 1. The van der Waals surface area contributed by atoms with Crippen molar-refractivity contribution in [1.29, 1.82) is 0 Å². The van der Waals surface area contributed by atoms with E-state index in [9.17, 15) is 32.9 Å². The summed E-state index contributed by atoms with van der Waals surface area (Å²) in [5.74, 6) is -2.36. The Labute approximate surface area is 167 Å². The van der Waals surface area contributed by atoms with Crippen molar-refractivity contribution in [1.82, 2.24) is 0 Å². The summed E-state index contributed by atoms with van der Waals surface area (Å²) >= 11 is 0. The van der Waals surface area contributed by atoms with Gasteiger partial charge in [0.25, 0.3) is 5.69 Å². The summed E-state index contributed by atoms with van der Waals surface area (Å²) in [5, 5.41) is 11.2. The maximum Gasteiger partial charge on any atom is 0.422 e. The number of hydrogen-bond acceptors (Lipinski definition) is 8. The van der Waals surface area contributed by atoms with E-state index in [1.165, 1.54) is 24.4 Å². The summed E-state index contributed by atoms with van der Waals surface area (Å²) < 4.78 is 51.4. The van der Waals surface area contributed by atoms with Crippen molar-refractivity contribution < 1.29 is 41.9 Å². The molecular weight excluding hydrogens is 413 g/mol. The first-order chi connectivity index (χ1) is 14.1. The van der Waals surface area contributed by atoms with Gasteiger partial charge in [-0.3, -0.25) is 10.1 Å². The van der Waals surface area contributed by atoms with Crippen LogP contribution in [0.2, 0.25) is 0 Å². The van der Waals surface area contributed by atoms with Gasteiger partial charge in [-0.15, -0.1) is 0 Å². The summed E-state index contributed by atoms with van der Waals surface area (Å²) in [6.07, 6.45) is 0.645. The zero-order chi connectivity index (χ0) is 22.5. The summed E-state index contributed by atoms with van der Waals surface area (Å²) in [7, 11) is 2.13. The minimum absolute atomic E-state index is 0.122. The predicted octanol–water partition coefficient (Wildman–Crippen LogP) is 3.03. The standard InChI is InChI=1S/C18H15F3N2O7/c1-28-16(24)14-5-3-4-6-22(15(14)17(25)29-2)11-7-12(23(26)27)9-13(8-11)30-10-18(19,20)21/h3-9H,10H2,1-2H3. The predicted molar refractivity (Wildman–Crippen MR) is 96.5 cm³/mol. The number of rotatable bonds is 6. The van der Waals surface area contributed by atoms with Crippen LogP contribution >= 0.6 is 0 Å². The molecule has 30 heavy (non-hydrogen) atoms. The van der Waals surface area contributed by atoms with Crippen LogP contribution in [0.15, 0.2) is 53.9 Å². The number of carbonyl (C=O) groups excluding carboxylic acids is 2. The number of allylic oxidation sites excluding steroid dienone is 2. The minimum atomic E-state index is -4.67. The maximum absolute atomic E-state index is 12.5.